The number of likely N-dealkylation sites (tertiary alicyclic amines) is 1. The molecule has 44 heavy (non-hydrogen) atoms. The maximum absolute atomic E-state index is 14.0. The summed E-state index contributed by atoms with van der Waals surface area (Å²) in [6.45, 7) is 0.106. The molecule has 4 rings (SSSR count). The lowest BCUT2D eigenvalue weighted by Crippen LogP contribution is -2.61. The molecule has 2 atom stereocenters. The van der Waals surface area contributed by atoms with E-state index in [2.05, 4.69) is 15.4 Å². The van der Waals surface area contributed by atoms with E-state index in [-0.39, 0.29) is 51.1 Å². The molecule has 2 aliphatic rings. The van der Waals surface area contributed by atoms with Crippen LogP contribution in [0.5, 0.6) is 0 Å². The lowest BCUT2D eigenvalue weighted by atomic mass is 9.74. The standard InChI is InChI=1S/C30H36F4N6O4/c1-28(2,35)26(43)37-23(9-8-20-7-6-19(15-31)13-21(20)16-41)25(42)39-12-10-24-29(17-39,14-22-5-3-4-11-36-22)27(44)40(38-24)18-30(32,33)34/h3-7,11,13,23,41H,8-10,12,14-18,35H2,1-2H3,(H,37,43). The lowest BCUT2D eigenvalue weighted by Gasteiger charge is -2.40. The highest BCUT2D eigenvalue weighted by Crippen LogP contribution is 2.39. The highest BCUT2D eigenvalue weighted by molar-refractivity contribution is 6.13. The summed E-state index contributed by atoms with van der Waals surface area (Å²) in [5.41, 5.74) is 5.28. The molecule has 1 fully saturated rings. The van der Waals surface area contributed by atoms with Crippen LogP contribution in [0.2, 0.25) is 0 Å². The van der Waals surface area contributed by atoms with Crippen molar-refractivity contribution in [1.29, 1.82) is 0 Å². The van der Waals surface area contributed by atoms with Gasteiger partial charge in [-0.15, -0.1) is 0 Å². The van der Waals surface area contributed by atoms with Gasteiger partial charge in [-0.25, -0.2) is 9.40 Å². The van der Waals surface area contributed by atoms with Gasteiger partial charge in [-0.1, -0.05) is 24.3 Å². The highest BCUT2D eigenvalue weighted by Gasteiger charge is 2.56. The van der Waals surface area contributed by atoms with Gasteiger partial charge in [0, 0.05) is 37.8 Å². The molecule has 10 nitrogen and oxygen atoms in total. The number of nitrogens with one attached hydrogen (secondary N) is 1. The lowest BCUT2D eigenvalue weighted by molar-refractivity contribution is -0.164. The number of carbonyl (C=O) groups is 3. The first-order valence-corrected chi connectivity index (χ1v) is 14.2. The molecule has 1 aromatic heterocycles. The van der Waals surface area contributed by atoms with Crippen LogP contribution in [-0.4, -0.2) is 80.8 Å². The maximum atomic E-state index is 14.0. The minimum Gasteiger partial charge on any atom is -0.392 e. The number of piperidine rings is 1. The third-order valence-electron chi connectivity index (χ3n) is 7.85. The molecule has 4 N–H and O–H groups in total. The average Bonchev–Trinajstić information content (AvgIpc) is 3.23. The molecule has 3 amide bonds. The quantitative estimate of drug-likeness (QED) is 0.330. The van der Waals surface area contributed by atoms with Gasteiger partial charge >= 0.3 is 6.18 Å². The summed E-state index contributed by atoms with van der Waals surface area (Å²) in [6, 6.07) is 8.62. The van der Waals surface area contributed by atoms with Crippen molar-refractivity contribution in [3.8, 4) is 0 Å². The molecule has 2 aliphatic heterocycles. The van der Waals surface area contributed by atoms with E-state index in [1.165, 1.54) is 31.0 Å². The number of carbonyl (C=O) groups excluding carboxylic acids is 3. The summed E-state index contributed by atoms with van der Waals surface area (Å²) in [5.74, 6) is -2.03. The fourth-order valence-electron chi connectivity index (χ4n) is 5.54. The third kappa shape index (κ3) is 7.41. The summed E-state index contributed by atoms with van der Waals surface area (Å²) in [4.78, 5) is 46.2. The number of fused-ring (bicyclic) bond motifs is 1. The number of aliphatic hydroxyl groups excluding tert-OH is 1. The molecule has 0 spiro atoms. The molecule has 1 aromatic carbocycles. The molecule has 2 unspecified atom stereocenters. The van der Waals surface area contributed by atoms with Crippen molar-refractivity contribution in [2.75, 3.05) is 19.6 Å². The maximum Gasteiger partial charge on any atom is 0.408 e. The Morgan fingerprint density at radius 3 is 2.55 bits per heavy atom. The van der Waals surface area contributed by atoms with Crippen LogP contribution in [0, 0.1) is 5.41 Å². The first-order chi connectivity index (χ1) is 20.7. The normalized spacial score (nSPS) is 19.5. The average molecular weight is 621 g/mol. The number of aliphatic hydroxyl groups is 1. The summed E-state index contributed by atoms with van der Waals surface area (Å²) < 4.78 is 53.2. The summed E-state index contributed by atoms with van der Waals surface area (Å²) in [6.07, 6.45) is -2.92. The Labute approximate surface area is 252 Å². The van der Waals surface area contributed by atoms with Crippen LogP contribution in [0.3, 0.4) is 0 Å². The van der Waals surface area contributed by atoms with E-state index >= 15 is 0 Å². The molecular formula is C30H36F4N6O4. The minimum absolute atomic E-state index is 0.0427. The zero-order chi connectivity index (χ0) is 32.3. The van der Waals surface area contributed by atoms with Crippen molar-refractivity contribution in [3.05, 3.63) is 65.0 Å². The third-order valence-corrected chi connectivity index (χ3v) is 7.85. The Morgan fingerprint density at radius 1 is 1.18 bits per heavy atom. The number of hydrogen-bond acceptors (Lipinski definition) is 7. The van der Waals surface area contributed by atoms with Gasteiger partial charge in [-0.05, 0) is 55.5 Å². The van der Waals surface area contributed by atoms with Gasteiger partial charge in [0.2, 0.25) is 11.8 Å². The monoisotopic (exact) mass is 620 g/mol. The van der Waals surface area contributed by atoms with Crippen LogP contribution in [-0.2, 0) is 40.5 Å². The fourth-order valence-corrected chi connectivity index (χ4v) is 5.54. The second-order valence-electron chi connectivity index (χ2n) is 11.8. The molecule has 1 saturated heterocycles. The minimum atomic E-state index is -4.69. The predicted molar refractivity (Wildman–Crippen MR) is 152 cm³/mol. The Balaban J connectivity index is 1.63. The molecule has 238 valence electrons. The van der Waals surface area contributed by atoms with E-state index in [0.29, 0.717) is 27.4 Å². The van der Waals surface area contributed by atoms with Gasteiger partial charge in [0.25, 0.3) is 5.91 Å². The predicted octanol–water partition coefficient (Wildman–Crippen LogP) is 2.42. The van der Waals surface area contributed by atoms with Gasteiger partial charge in [0.15, 0.2) is 0 Å². The summed E-state index contributed by atoms with van der Waals surface area (Å²) >= 11 is 0. The zero-order valence-electron chi connectivity index (χ0n) is 24.5. The topological polar surface area (TPSA) is 141 Å². The number of nitrogens with zero attached hydrogens (tertiary/aromatic N) is 4. The Bertz CT molecular complexity index is 1410. The van der Waals surface area contributed by atoms with Crippen molar-refractivity contribution < 1.29 is 37.1 Å². The van der Waals surface area contributed by atoms with Crippen molar-refractivity contribution in [1.82, 2.24) is 20.2 Å². The number of amides is 3. The molecule has 0 aliphatic carbocycles. The summed E-state index contributed by atoms with van der Waals surface area (Å²) in [7, 11) is 0. The van der Waals surface area contributed by atoms with Gasteiger partial charge in [-0.3, -0.25) is 19.4 Å². The van der Waals surface area contributed by atoms with Gasteiger partial charge in [-0.2, -0.15) is 18.3 Å². The largest absolute Gasteiger partial charge is 0.408 e. The van der Waals surface area contributed by atoms with Crippen LogP contribution in [0.1, 0.15) is 49.1 Å². The number of halogens is 4. The molecule has 3 heterocycles. The first kappa shape index (κ1) is 33.0. The van der Waals surface area contributed by atoms with E-state index in [1.807, 2.05) is 0 Å². The zero-order valence-corrected chi connectivity index (χ0v) is 24.5. The number of hydrogen-bond donors (Lipinski definition) is 3. The molecular weight excluding hydrogens is 584 g/mol. The SMILES string of the molecule is CC(C)(N)C(=O)NC(CCc1ccc(CF)cc1CO)C(=O)N1CCC2=NN(CC(F)(F)F)C(=O)C2(Cc2ccccn2)C1. The smallest absolute Gasteiger partial charge is 0.392 e. The number of aromatic nitrogens is 1. The van der Waals surface area contributed by atoms with Crippen molar-refractivity contribution in [2.24, 2.45) is 16.3 Å². The number of pyridine rings is 1. The van der Waals surface area contributed by atoms with Gasteiger partial charge in [0.05, 0.1) is 17.9 Å². The Hall–Kier alpha value is -3.91. The number of rotatable bonds is 11. The van der Waals surface area contributed by atoms with E-state index in [4.69, 9.17) is 5.73 Å². The molecule has 0 saturated carbocycles. The van der Waals surface area contributed by atoms with E-state index in [9.17, 15) is 37.1 Å². The van der Waals surface area contributed by atoms with Crippen molar-refractivity contribution in [3.63, 3.8) is 0 Å². The molecule has 0 radical (unpaired) electrons. The number of benzene rings is 1. The van der Waals surface area contributed by atoms with Crippen LogP contribution >= 0.6 is 0 Å². The fraction of sp³-hybridized carbons (Fsp3) is 0.500. The Morgan fingerprint density at radius 2 is 1.93 bits per heavy atom. The molecule has 14 heteroatoms. The van der Waals surface area contributed by atoms with E-state index in [0.717, 1.165) is 0 Å². The van der Waals surface area contributed by atoms with E-state index in [1.54, 1.807) is 30.3 Å². The van der Waals surface area contributed by atoms with Crippen LogP contribution in [0.4, 0.5) is 17.6 Å². The van der Waals surface area contributed by atoms with Crippen LogP contribution in [0.25, 0.3) is 0 Å². The highest BCUT2D eigenvalue weighted by atomic mass is 19.4. The van der Waals surface area contributed by atoms with Gasteiger partial charge < -0.3 is 21.1 Å². The van der Waals surface area contributed by atoms with Crippen molar-refractivity contribution >= 4 is 23.4 Å². The second kappa shape index (κ2) is 13.0. The van der Waals surface area contributed by atoms with E-state index < -0.39 is 54.1 Å². The second-order valence-corrected chi connectivity index (χ2v) is 11.8. The van der Waals surface area contributed by atoms with Crippen LogP contribution in [0.15, 0.2) is 47.7 Å². The molecule has 0 bridgehead atoms. The number of nitrogens with two attached hydrogens (primary N) is 1. The molecule has 2 aromatic rings. The number of hydrazone groups is 1. The number of alkyl halides is 4. The summed E-state index contributed by atoms with van der Waals surface area (Å²) in [5, 5.41) is 17.0. The Kier molecular flexibility index (Phi) is 9.74. The van der Waals surface area contributed by atoms with Gasteiger partial charge in [0.1, 0.15) is 24.7 Å². The first-order valence-electron chi connectivity index (χ1n) is 14.2. The van der Waals surface area contributed by atoms with Crippen molar-refractivity contribution in [2.45, 2.75) is 70.6 Å². The number of aryl methyl sites for hydroxylation is 1. The van der Waals surface area contributed by atoms with Crippen LogP contribution < -0.4 is 11.1 Å².